The van der Waals surface area contributed by atoms with Gasteiger partial charge in [0.25, 0.3) is 0 Å². The molecular weight excluding hydrogens is 464 g/mol. The Balaban J connectivity index is 1.17. The Morgan fingerprint density at radius 2 is 2.06 bits per heavy atom. The van der Waals surface area contributed by atoms with Crippen molar-refractivity contribution in [3.63, 3.8) is 0 Å². The third-order valence-corrected chi connectivity index (χ3v) is 7.89. The van der Waals surface area contributed by atoms with Gasteiger partial charge >= 0.3 is 0 Å². The molecule has 0 spiro atoms. The van der Waals surface area contributed by atoms with Gasteiger partial charge in [-0.25, -0.2) is 4.98 Å². The Labute approximate surface area is 207 Å². The van der Waals surface area contributed by atoms with Crippen molar-refractivity contribution < 1.29 is 19.4 Å². The molecule has 182 valence electrons. The second-order valence-corrected chi connectivity index (χ2v) is 10.1. The number of aromatic nitrogens is 2. The van der Waals surface area contributed by atoms with Gasteiger partial charge in [-0.05, 0) is 68.4 Å². The van der Waals surface area contributed by atoms with Gasteiger partial charge in [0.15, 0.2) is 0 Å². The second-order valence-electron chi connectivity index (χ2n) is 9.13. The zero-order valence-electron chi connectivity index (χ0n) is 19.5. The smallest absolute Gasteiger partial charge is 0.234 e. The molecule has 2 aromatic heterocycles. The Bertz CT molecular complexity index is 1260. The van der Waals surface area contributed by atoms with Crippen LogP contribution in [0.1, 0.15) is 43.8 Å². The maximum Gasteiger partial charge on any atom is 0.234 e. The normalized spacial score (nSPS) is 20.6. The van der Waals surface area contributed by atoms with Crippen LogP contribution < -0.4 is 15.4 Å². The maximum absolute atomic E-state index is 12.9. The Kier molecular flexibility index (Phi) is 6.88. The highest BCUT2D eigenvalue weighted by molar-refractivity contribution is 8.00. The first-order valence-electron chi connectivity index (χ1n) is 11.9. The molecule has 1 saturated carbocycles. The molecule has 8 nitrogen and oxygen atoms in total. The lowest BCUT2D eigenvalue weighted by atomic mass is 9.78. The number of aliphatic hydroxyl groups is 1. The Hall–Kier alpha value is -3.17. The Morgan fingerprint density at radius 3 is 2.86 bits per heavy atom. The van der Waals surface area contributed by atoms with Gasteiger partial charge in [-0.2, -0.15) is 0 Å². The second kappa shape index (κ2) is 10.2. The molecule has 2 aliphatic rings. The number of nitrogens with one attached hydrogen (secondary N) is 2. The largest absolute Gasteiger partial charge is 0.481 e. The number of methoxy groups -OCH3 is 1. The highest BCUT2D eigenvalue weighted by Gasteiger charge is 2.29. The van der Waals surface area contributed by atoms with Gasteiger partial charge in [0.1, 0.15) is 0 Å². The number of aliphatic hydroxyl groups excluding tert-OH is 1. The molecule has 3 aromatic rings. The van der Waals surface area contributed by atoms with Gasteiger partial charge in [0, 0.05) is 34.3 Å². The van der Waals surface area contributed by atoms with Crippen LogP contribution in [0.25, 0.3) is 11.0 Å². The monoisotopic (exact) mass is 492 g/mol. The molecule has 1 fully saturated rings. The SMILES string of the molecule is COc1ccc2nccc(C(O)CC3CCC(C(=O)Nc4ccc5c(c4)NC(=O)CS5)CC3)c2n1. The summed E-state index contributed by atoms with van der Waals surface area (Å²) in [4.78, 5) is 34.4. The van der Waals surface area contributed by atoms with Crippen LogP contribution >= 0.6 is 11.8 Å². The molecule has 5 rings (SSSR count). The summed E-state index contributed by atoms with van der Waals surface area (Å²) in [5.41, 5.74) is 3.58. The van der Waals surface area contributed by atoms with Crippen molar-refractivity contribution in [2.75, 3.05) is 23.5 Å². The quantitative estimate of drug-likeness (QED) is 0.463. The minimum Gasteiger partial charge on any atom is -0.481 e. The molecule has 1 aromatic carbocycles. The Morgan fingerprint density at radius 1 is 1.23 bits per heavy atom. The maximum atomic E-state index is 12.9. The zero-order chi connectivity index (χ0) is 24.4. The van der Waals surface area contributed by atoms with Crippen molar-refractivity contribution in [2.45, 2.75) is 43.1 Å². The van der Waals surface area contributed by atoms with Crippen LogP contribution in [0.3, 0.4) is 0 Å². The van der Waals surface area contributed by atoms with Gasteiger partial charge in [-0.1, -0.05) is 0 Å². The molecule has 3 N–H and O–H groups in total. The molecule has 0 radical (unpaired) electrons. The van der Waals surface area contributed by atoms with Crippen LogP contribution in [-0.4, -0.2) is 39.8 Å². The van der Waals surface area contributed by atoms with E-state index in [9.17, 15) is 14.7 Å². The van der Waals surface area contributed by atoms with E-state index < -0.39 is 6.10 Å². The molecule has 1 atom stereocenters. The van der Waals surface area contributed by atoms with Crippen LogP contribution in [0.2, 0.25) is 0 Å². The summed E-state index contributed by atoms with van der Waals surface area (Å²) in [6, 6.07) is 11.1. The topological polar surface area (TPSA) is 113 Å². The average Bonchev–Trinajstić information content (AvgIpc) is 2.88. The summed E-state index contributed by atoms with van der Waals surface area (Å²) in [5, 5.41) is 16.9. The summed E-state index contributed by atoms with van der Waals surface area (Å²) < 4.78 is 5.24. The fourth-order valence-corrected chi connectivity index (χ4v) is 5.71. The van der Waals surface area contributed by atoms with Crippen molar-refractivity contribution in [3.05, 3.63) is 48.2 Å². The summed E-state index contributed by atoms with van der Waals surface area (Å²) in [6.45, 7) is 0. The van der Waals surface area contributed by atoms with Gasteiger partial charge in [0.05, 0.1) is 35.7 Å². The van der Waals surface area contributed by atoms with E-state index in [1.54, 1.807) is 19.4 Å². The number of benzene rings is 1. The summed E-state index contributed by atoms with van der Waals surface area (Å²) in [5.74, 6) is 1.16. The molecular formula is C26H28N4O4S. The van der Waals surface area contributed by atoms with Crippen LogP contribution in [0, 0.1) is 11.8 Å². The number of thioether (sulfide) groups is 1. The van der Waals surface area contributed by atoms with Gasteiger partial charge < -0.3 is 20.5 Å². The van der Waals surface area contributed by atoms with E-state index in [4.69, 9.17) is 4.74 Å². The molecule has 2 amide bonds. The highest BCUT2D eigenvalue weighted by atomic mass is 32.2. The zero-order valence-corrected chi connectivity index (χ0v) is 20.3. The number of carbonyl (C=O) groups is 2. The standard InChI is InChI=1S/C26H28N4O4S/c1-34-24-9-7-19-25(30-24)18(10-11-27-19)21(31)12-15-2-4-16(5-3-15)26(33)28-17-6-8-22-20(13-17)29-23(32)14-35-22/h6-11,13,15-16,21,31H,2-5,12,14H2,1H3,(H,28,33)(H,29,32). The van der Waals surface area contributed by atoms with Gasteiger partial charge in [-0.3, -0.25) is 14.6 Å². The van der Waals surface area contributed by atoms with E-state index in [1.165, 1.54) is 11.8 Å². The lowest BCUT2D eigenvalue weighted by molar-refractivity contribution is -0.121. The molecule has 1 unspecified atom stereocenters. The van der Waals surface area contributed by atoms with Gasteiger partial charge in [-0.15, -0.1) is 11.8 Å². The van der Waals surface area contributed by atoms with E-state index >= 15 is 0 Å². The molecule has 1 aliphatic heterocycles. The van der Waals surface area contributed by atoms with Crippen LogP contribution in [0.4, 0.5) is 11.4 Å². The first kappa shape index (κ1) is 23.6. The summed E-state index contributed by atoms with van der Waals surface area (Å²) in [6.07, 6.45) is 4.99. The lowest BCUT2D eigenvalue weighted by Gasteiger charge is -2.29. The molecule has 9 heteroatoms. The van der Waals surface area contributed by atoms with Crippen molar-refractivity contribution in [3.8, 4) is 5.88 Å². The summed E-state index contributed by atoms with van der Waals surface area (Å²) >= 11 is 1.50. The number of anilines is 2. The van der Waals surface area contributed by atoms with E-state index in [0.717, 1.165) is 47.3 Å². The minimum atomic E-state index is -0.654. The van der Waals surface area contributed by atoms with Crippen LogP contribution in [0.5, 0.6) is 5.88 Å². The molecule has 0 saturated heterocycles. The molecule has 0 bridgehead atoms. The first-order chi connectivity index (χ1) is 17.0. The fraction of sp³-hybridized carbons (Fsp3) is 0.385. The number of carbonyl (C=O) groups excluding carboxylic acids is 2. The third-order valence-electron chi connectivity index (χ3n) is 6.81. The minimum absolute atomic E-state index is 0.00941. The van der Waals surface area contributed by atoms with Crippen LogP contribution in [0.15, 0.2) is 47.5 Å². The third kappa shape index (κ3) is 5.26. The molecule has 1 aliphatic carbocycles. The fourth-order valence-electron chi connectivity index (χ4n) is 4.92. The molecule has 35 heavy (non-hydrogen) atoms. The van der Waals surface area contributed by atoms with Crippen molar-refractivity contribution in [1.82, 2.24) is 9.97 Å². The van der Waals surface area contributed by atoms with Gasteiger partial charge in [0.2, 0.25) is 17.7 Å². The number of rotatable bonds is 6. The number of hydrogen-bond acceptors (Lipinski definition) is 7. The van der Waals surface area contributed by atoms with Crippen molar-refractivity contribution in [2.24, 2.45) is 11.8 Å². The predicted molar refractivity (Wildman–Crippen MR) is 136 cm³/mol. The first-order valence-corrected chi connectivity index (χ1v) is 12.8. The number of ether oxygens (including phenoxy) is 1. The predicted octanol–water partition coefficient (Wildman–Crippen LogP) is 4.55. The number of hydrogen-bond donors (Lipinski definition) is 3. The number of nitrogens with zero attached hydrogens (tertiary/aromatic N) is 2. The van der Waals surface area contributed by atoms with Crippen molar-refractivity contribution >= 4 is 46.0 Å². The van der Waals surface area contributed by atoms with E-state index in [2.05, 4.69) is 20.6 Å². The number of fused-ring (bicyclic) bond motifs is 2. The van der Waals surface area contributed by atoms with Crippen LogP contribution in [-0.2, 0) is 9.59 Å². The summed E-state index contributed by atoms with van der Waals surface area (Å²) in [7, 11) is 1.57. The average molecular weight is 493 g/mol. The number of amides is 2. The van der Waals surface area contributed by atoms with Crippen molar-refractivity contribution in [1.29, 1.82) is 0 Å². The number of pyridine rings is 2. The van der Waals surface area contributed by atoms with E-state index in [-0.39, 0.29) is 17.7 Å². The highest BCUT2D eigenvalue weighted by Crippen LogP contribution is 2.37. The van der Waals surface area contributed by atoms with E-state index in [1.807, 2.05) is 30.3 Å². The lowest BCUT2D eigenvalue weighted by Crippen LogP contribution is -2.28. The molecule has 3 heterocycles. The van der Waals surface area contributed by atoms with E-state index in [0.29, 0.717) is 35.2 Å².